The highest BCUT2D eigenvalue weighted by Gasteiger charge is 2.08. The van der Waals surface area contributed by atoms with E-state index >= 15 is 0 Å². The standard InChI is InChI=1S/C17H13N3/c1-2-6-14(7-3-1)20-12-13(10-19-20)16-11-18-17-9-5-4-8-15(16)17/h1-12,18H. The molecule has 2 aromatic heterocycles. The van der Waals surface area contributed by atoms with Crippen molar-refractivity contribution < 1.29 is 0 Å². The molecule has 0 radical (unpaired) electrons. The molecule has 4 rings (SSSR count). The quantitative estimate of drug-likeness (QED) is 0.579. The van der Waals surface area contributed by atoms with Crippen molar-refractivity contribution in [3.05, 3.63) is 73.2 Å². The highest BCUT2D eigenvalue weighted by atomic mass is 15.3. The first kappa shape index (κ1) is 11.1. The van der Waals surface area contributed by atoms with Crippen LogP contribution in [0.4, 0.5) is 0 Å². The third-order valence-corrected chi connectivity index (χ3v) is 3.50. The normalized spacial score (nSPS) is 11.0. The lowest BCUT2D eigenvalue weighted by atomic mass is 10.1. The molecular weight excluding hydrogens is 246 g/mol. The maximum atomic E-state index is 4.45. The van der Waals surface area contributed by atoms with Gasteiger partial charge in [-0.3, -0.25) is 0 Å². The van der Waals surface area contributed by atoms with E-state index in [1.165, 1.54) is 10.9 Å². The van der Waals surface area contributed by atoms with E-state index in [0.717, 1.165) is 16.8 Å². The van der Waals surface area contributed by atoms with E-state index in [4.69, 9.17) is 0 Å². The van der Waals surface area contributed by atoms with Crippen LogP contribution in [0.15, 0.2) is 73.2 Å². The van der Waals surface area contributed by atoms with Crippen molar-refractivity contribution in [3.63, 3.8) is 0 Å². The Balaban J connectivity index is 1.82. The third-order valence-electron chi connectivity index (χ3n) is 3.50. The average molecular weight is 259 g/mol. The van der Waals surface area contributed by atoms with Crippen molar-refractivity contribution in [2.75, 3.05) is 0 Å². The van der Waals surface area contributed by atoms with Crippen molar-refractivity contribution in [3.8, 4) is 16.8 Å². The van der Waals surface area contributed by atoms with Gasteiger partial charge in [-0.15, -0.1) is 0 Å². The van der Waals surface area contributed by atoms with Gasteiger partial charge in [0.15, 0.2) is 0 Å². The molecule has 96 valence electrons. The number of nitrogens with zero attached hydrogens (tertiary/aromatic N) is 2. The van der Waals surface area contributed by atoms with E-state index in [-0.39, 0.29) is 0 Å². The molecule has 3 nitrogen and oxygen atoms in total. The summed E-state index contributed by atoms with van der Waals surface area (Å²) in [6, 6.07) is 18.4. The van der Waals surface area contributed by atoms with E-state index < -0.39 is 0 Å². The van der Waals surface area contributed by atoms with Gasteiger partial charge in [-0.05, 0) is 18.2 Å². The molecule has 0 bridgehead atoms. The summed E-state index contributed by atoms with van der Waals surface area (Å²) in [5.41, 5.74) is 4.52. The van der Waals surface area contributed by atoms with Gasteiger partial charge in [0.1, 0.15) is 0 Å². The summed E-state index contributed by atoms with van der Waals surface area (Å²) in [7, 11) is 0. The fourth-order valence-corrected chi connectivity index (χ4v) is 2.49. The lowest BCUT2D eigenvalue weighted by Gasteiger charge is -1.99. The zero-order valence-electron chi connectivity index (χ0n) is 10.8. The smallest absolute Gasteiger partial charge is 0.0645 e. The minimum Gasteiger partial charge on any atom is -0.361 e. The summed E-state index contributed by atoms with van der Waals surface area (Å²) in [6.07, 6.45) is 6.00. The number of benzene rings is 2. The van der Waals surface area contributed by atoms with Crippen molar-refractivity contribution >= 4 is 10.9 Å². The summed E-state index contributed by atoms with van der Waals surface area (Å²) < 4.78 is 1.90. The van der Waals surface area contributed by atoms with Crippen molar-refractivity contribution in [1.82, 2.24) is 14.8 Å². The number of rotatable bonds is 2. The van der Waals surface area contributed by atoms with Crippen LogP contribution >= 0.6 is 0 Å². The molecule has 1 N–H and O–H groups in total. The summed E-state index contributed by atoms with van der Waals surface area (Å²) in [5.74, 6) is 0. The fourth-order valence-electron chi connectivity index (χ4n) is 2.49. The Morgan fingerprint density at radius 3 is 2.60 bits per heavy atom. The maximum absolute atomic E-state index is 4.45. The molecule has 4 aromatic rings. The Labute approximate surface area is 116 Å². The molecule has 0 fully saturated rings. The predicted octanol–water partition coefficient (Wildman–Crippen LogP) is 4.02. The van der Waals surface area contributed by atoms with Gasteiger partial charge in [0.25, 0.3) is 0 Å². The van der Waals surface area contributed by atoms with E-state index in [1.54, 1.807) is 0 Å². The van der Waals surface area contributed by atoms with Crippen LogP contribution < -0.4 is 0 Å². The molecule has 0 saturated carbocycles. The summed E-state index contributed by atoms with van der Waals surface area (Å²) in [6.45, 7) is 0. The van der Waals surface area contributed by atoms with E-state index in [9.17, 15) is 0 Å². The molecule has 20 heavy (non-hydrogen) atoms. The molecule has 2 heterocycles. The van der Waals surface area contributed by atoms with Crippen LogP contribution in [0.5, 0.6) is 0 Å². The van der Waals surface area contributed by atoms with Crippen LogP contribution in [0, 0.1) is 0 Å². The van der Waals surface area contributed by atoms with Crippen molar-refractivity contribution in [2.24, 2.45) is 0 Å². The number of fused-ring (bicyclic) bond motifs is 1. The second kappa shape index (κ2) is 4.38. The van der Waals surface area contributed by atoms with Gasteiger partial charge < -0.3 is 4.98 Å². The van der Waals surface area contributed by atoms with Gasteiger partial charge in [-0.25, -0.2) is 4.68 Å². The van der Waals surface area contributed by atoms with Crippen LogP contribution in [-0.4, -0.2) is 14.8 Å². The number of hydrogen-bond acceptors (Lipinski definition) is 1. The first-order valence-corrected chi connectivity index (χ1v) is 6.58. The maximum Gasteiger partial charge on any atom is 0.0645 e. The van der Waals surface area contributed by atoms with Crippen molar-refractivity contribution in [1.29, 1.82) is 0 Å². The Hall–Kier alpha value is -2.81. The number of H-pyrrole nitrogens is 1. The Morgan fingerprint density at radius 1 is 0.900 bits per heavy atom. The first-order chi connectivity index (χ1) is 9.92. The van der Waals surface area contributed by atoms with Crippen LogP contribution in [0.3, 0.4) is 0 Å². The minimum atomic E-state index is 1.07. The SMILES string of the molecule is c1ccc(-n2cc(-c3c[nH]c4ccccc34)cn2)cc1. The number of aromatic amines is 1. The zero-order chi connectivity index (χ0) is 13.4. The van der Waals surface area contributed by atoms with Crippen LogP contribution in [-0.2, 0) is 0 Å². The van der Waals surface area contributed by atoms with Gasteiger partial charge >= 0.3 is 0 Å². The Morgan fingerprint density at radius 2 is 1.70 bits per heavy atom. The van der Waals surface area contributed by atoms with Gasteiger partial charge in [0, 0.05) is 34.4 Å². The van der Waals surface area contributed by atoms with Gasteiger partial charge in [-0.1, -0.05) is 36.4 Å². The lowest BCUT2D eigenvalue weighted by Crippen LogP contribution is -1.92. The molecule has 3 heteroatoms. The second-order valence-corrected chi connectivity index (χ2v) is 4.76. The monoisotopic (exact) mass is 259 g/mol. The highest BCUT2D eigenvalue weighted by Crippen LogP contribution is 2.28. The van der Waals surface area contributed by atoms with Gasteiger partial charge in [0.2, 0.25) is 0 Å². The predicted molar refractivity (Wildman–Crippen MR) is 80.9 cm³/mol. The van der Waals surface area contributed by atoms with E-state index in [1.807, 2.05) is 53.5 Å². The van der Waals surface area contributed by atoms with Crippen LogP contribution in [0.25, 0.3) is 27.7 Å². The Kier molecular flexibility index (Phi) is 2.42. The molecule has 0 spiro atoms. The van der Waals surface area contributed by atoms with E-state index in [2.05, 4.69) is 34.5 Å². The largest absolute Gasteiger partial charge is 0.361 e. The van der Waals surface area contributed by atoms with E-state index in [0.29, 0.717) is 0 Å². The van der Waals surface area contributed by atoms with Gasteiger partial charge in [-0.2, -0.15) is 5.10 Å². The molecule has 0 aliphatic rings. The zero-order valence-corrected chi connectivity index (χ0v) is 10.8. The summed E-state index contributed by atoms with van der Waals surface area (Å²) >= 11 is 0. The number of hydrogen-bond donors (Lipinski definition) is 1. The number of aromatic nitrogens is 3. The molecule has 0 aliphatic heterocycles. The molecule has 0 unspecified atom stereocenters. The minimum absolute atomic E-state index is 1.07. The lowest BCUT2D eigenvalue weighted by molar-refractivity contribution is 0.881. The topological polar surface area (TPSA) is 33.6 Å². The van der Waals surface area contributed by atoms with Gasteiger partial charge in [0.05, 0.1) is 11.9 Å². The second-order valence-electron chi connectivity index (χ2n) is 4.76. The average Bonchev–Trinajstić information content (AvgIpc) is 3.14. The highest BCUT2D eigenvalue weighted by molar-refractivity contribution is 5.95. The molecule has 0 saturated heterocycles. The number of para-hydroxylation sites is 2. The molecule has 0 amide bonds. The third kappa shape index (κ3) is 1.72. The van der Waals surface area contributed by atoms with Crippen LogP contribution in [0.2, 0.25) is 0 Å². The molecule has 0 atom stereocenters. The van der Waals surface area contributed by atoms with Crippen molar-refractivity contribution in [2.45, 2.75) is 0 Å². The van der Waals surface area contributed by atoms with Crippen LogP contribution in [0.1, 0.15) is 0 Å². The molecular formula is C17H13N3. The molecule has 0 aliphatic carbocycles. The fraction of sp³-hybridized carbons (Fsp3) is 0. The number of nitrogens with one attached hydrogen (secondary N) is 1. The Bertz CT molecular complexity index is 856. The first-order valence-electron chi connectivity index (χ1n) is 6.58. The summed E-state index contributed by atoms with van der Waals surface area (Å²) in [4.78, 5) is 3.30. The molecule has 2 aromatic carbocycles. The summed E-state index contributed by atoms with van der Waals surface area (Å²) in [5, 5.41) is 5.67.